The second-order valence-corrected chi connectivity index (χ2v) is 5.72. The van der Waals surface area contributed by atoms with E-state index in [1.54, 1.807) is 12.1 Å². The summed E-state index contributed by atoms with van der Waals surface area (Å²) >= 11 is 0. The van der Waals surface area contributed by atoms with Gasteiger partial charge >= 0.3 is 0 Å². The Labute approximate surface area is 119 Å². The Morgan fingerprint density at radius 1 is 1.35 bits per heavy atom. The molecule has 0 radical (unpaired) electrons. The molecule has 108 valence electrons. The fourth-order valence-electron chi connectivity index (χ4n) is 3.02. The average Bonchev–Trinajstić information content (AvgIpc) is 2.87. The quantitative estimate of drug-likeness (QED) is 0.674. The molecule has 4 heteroatoms. The van der Waals surface area contributed by atoms with E-state index in [1.165, 1.54) is 7.11 Å². The Kier molecular flexibility index (Phi) is 4.15. The first-order valence-electron chi connectivity index (χ1n) is 7.04. The molecule has 20 heavy (non-hydrogen) atoms. The van der Waals surface area contributed by atoms with Crippen LogP contribution in [0.3, 0.4) is 0 Å². The summed E-state index contributed by atoms with van der Waals surface area (Å²) in [4.78, 5) is 14.9. The number of phenols is 1. The minimum absolute atomic E-state index is 0.112. The first kappa shape index (κ1) is 14.6. The third-order valence-corrected chi connectivity index (χ3v) is 4.15. The lowest BCUT2D eigenvalue weighted by molar-refractivity contribution is 0.349. The van der Waals surface area contributed by atoms with Gasteiger partial charge in [-0.3, -0.25) is 0 Å². The normalized spacial score (nSPS) is 17.0. The van der Waals surface area contributed by atoms with Gasteiger partial charge < -0.3 is 9.84 Å². The van der Waals surface area contributed by atoms with Crippen LogP contribution in [0.5, 0.6) is 11.5 Å². The molecule has 1 fully saturated rings. The largest absolute Gasteiger partial charge is 0.504 e. The standard InChI is InChI=1S/C16H21NO3/c1-11(2)12-8-13(15(20-3)14(19)9-12)16(17-10-18)6-4-5-7-16/h8-9,11,19H,4-7H2,1-3H3. The fourth-order valence-corrected chi connectivity index (χ4v) is 3.02. The molecular weight excluding hydrogens is 254 g/mol. The highest BCUT2D eigenvalue weighted by atomic mass is 16.5. The van der Waals surface area contributed by atoms with E-state index >= 15 is 0 Å². The van der Waals surface area contributed by atoms with E-state index in [0.29, 0.717) is 5.75 Å². The first-order chi connectivity index (χ1) is 9.54. The van der Waals surface area contributed by atoms with E-state index in [4.69, 9.17) is 4.74 Å². The van der Waals surface area contributed by atoms with Crippen molar-refractivity contribution in [2.45, 2.75) is 51.0 Å². The number of isocyanates is 1. The number of rotatable bonds is 4. The predicted octanol–water partition coefficient (Wildman–Crippen LogP) is 3.63. The van der Waals surface area contributed by atoms with Gasteiger partial charge in [-0.25, -0.2) is 4.79 Å². The highest BCUT2D eigenvalue weighted by molar-refractivity contribution is 5.54. The minimum atomic E-state index is -0.588. The second-order valence-electron chi connectivity index (χ2n) is 5.72. The average molecular weight is 275 g/mol. The molecule has 1 aliphatic rings. The van der Waals surface area contributed by atoms with Gasteiger partial charge in [0.15, 0.2) is 11.5 Å². The molecule has 0 spiro atoms. The van der Waals surface area contributed by atoms with Gasteiger partial charge in [0, 0.05) is 5.56 Å². The lowest BCUT2D eigenvalue weighted by atomic mass is 9.85. The van der Waals surface area contributed by atoms with Crippen molar-refractivity contribution in [3.8, 4) is 11.5 Å². The molecule has 0 aromatic heterocycles. The minimum Gasteiger partial charge on any atom is -0.504 e. The zero-order chi connectivity index (χ0) is 14.8. The molecule has 4 nitrogen and oxygen atoms in total. The smallest absolute Gasteiger partial charge is 0.235 e. The van der Waals surface area contributed by atoms with Gasteiger partial charge in [0.25, 0.3) is 0 Å². The molecule has 1 aliphatic carbocycles. The summed E-state index contributed by atoms with van der Waals surface area (Å²) < 4.78 is 5.35. The summed E-state index contributed by atoms with van der Waals surface area (Å²) in [6, 6.07) is 3.73. The number of hydrogen-bond donors (Lipinski definition) is 1. The van der Waals surface area contributed by atoms with E-state index in [1.807, 2.05) is 6.07 Å². The third kappa shape index (κ3) is 2.44. The van der Waals surface area contributed by atoms with Crippen molar-refractivity contribution >= 4 is 6.08 Å². The maximum Gasteiger partial charge on any atom is 0.235 e. The molecule has 1 N–H and O–H groups in total. The summed E-state index contributed by atoms with van der Waals surface area (Å²) in [5.41, 5.74) is 1.24. The van der Waals surface area contributed by atoms with Crippen LogP contribution in [0.4, 0.5) is 0 Å². The first-order valence-corrected chi connectivity index (χ1v) is 7.04. The van der Waals surface area contributed by atoms with E-state index in [2.05, 4.69) is 18.8 Å². The molecular formula is C16H21NO3. The Morgan fingerprint density at radius 3 is 2.50 bits per heavy atom. The van der Waals surface area contributed by atoms with Gasteiger partial charge in [-0.2, -0.15) is 4.99 Å². The summed E-state index contributed by atoms with van der Waals surface area (Å²) in [7, 11) is 1.53. The Morgan fingerprint density at radius 2 is 2.00 bits per heavy atom. The van der Waals surface area contributed by atoms with Gasteiger partial charge in [0.2, 0.25) is 6.08 Å². The predicted molar refractivity (Wildman–Crippen MR) is 77.0 cm³/mol. The molecule has 2 rings (SSSR count). The number of carbonyl (C=O) groups excluding carboxylic acids is 1. The van der Waals surface area contributed by atoms with Crippen LogP contribution in [-0.2, 0) is 10.3 Å². The van der Waals surface area contributed by atoms with Crippen molar-refractivity contribution in [2.75, 3.05) is 7.11 Å². The third-order valence-electron chi connectivity index (χ3n) is 4.15. The summed E-state index contributed by atoms with van der Waals surface area (Å²) in [5.74, 6) is 0.820. The SMILES string of the molecule is COc1c(O)cc(C(C)C)cc1C1(N=C=O)CCCC1. The van der Waals surface area contributed by atoms with Gasteiger partial charge in [0.05, 0.1) is 7.11 Å². The monoisotopic (exact) mass is 275 g/mol. The van der Waals surface area contributed by atoms with Crippen LogP contribution in [-0.4, -0.2) is 18.3 Å². The Balaban J connectivity index is 2.66. The van der Waals surface area contributed by atoms with E-state index in [9.17, 15) is 9.90 Å². The second kappa shape index (κ2) is 5.68. The summed E-state index contributed by atoms with van der Waals surface area (Å²) in [6.07, 6.45) is 5.32. The highest BCUT2D eigenvalue weighted by Gasteiger charge is 2.39. The number of ether oxygens (including phenoxy) is 1. The molecule has 0 saturated heterocycles. The molecule has 0 heterocycles. The van der Waals surface area contributed by atoms with Crippen molar-refractivity contribution in [1.82, 2.24) is 0 Å². The summed E-state index contributed by atoms with van der Waals surface area (Å²) in [6.45, 7) is 4.13. The van der Waals surface area contributed by atoms with Crippen LogP contribution in [0.15, 0.2) is 17.1 Å². The van der Waals surface area contributed by atoms with E-state index in [0.717, 1.165) is 36.8 Å². The van der Waals surface area contributed by atoms with Crippen molar-refractivity contribution < 1.29 is 14.6 Å². The number of benzene rings is 1. The molecule has 1 aromatic carbocycles. The van der Waals surface area contributed by atoms with Gasteiger partial charge in [0.1, 0.15) is 5.54 Å². The zero-order valence-corrected chi connectivity index (χ0v) is 12.3. The van der Waals surface area contributed by atoms with Gasteiger partial charge in [-0.15, -0.1) is 0 Å². The molecule has 0 bridgehead atoms. The number of nitrogens with zero attached hydrogens (tertiary/aromatic N) is 1. The molecule has 0 amide bonds. The number of aromatic hydroxyl groups is 1. The van der Waals surface area contributed by atoms with Crippen molar-refractivity contribution in [2.24, 2.45) is 4.99 Å². The van der Waals surface area contributed by atoms with Crippen LogP contribution >= 0.6 is 0 Å². The number of methoxy groups -OCH3 is 1. The van der Waals surface area contributed by atoms with Crippen LogP contribution in [0, 0.1) is 0 Å². The van der Waals surface area contributed by atoms with E-state index < -0.39 is 5.54 Å². The van der Waals surface area contributed by atoms with Crippen LogP contribution in [0.1, 0.15) is 56.6 Å². The molecule has 0 aliphatic heterocycles. The van der Waals surface area contributed by atoms with Crippen LogP contribution < -0.4 is 4.74 Å². The Bertz CT molecular complexity index is 539. The number of hydrogen-bond acceptors (Lipinski definition) is 4. The molecule has 1 aromatic rings. The summed E-state index contributed by atoms with van der Waals surface area (Å²) in [5, 5.41) is 10.2. The lowest BCUT2D eigenvalue weighted by Crippen LogP contribution is -2.20. The number of aliphatic imine (C=N–C) groups is 1. The zero-order valence-electron chi connectivity index (χ0n) is 12.3. The fraction of sp³-hybridized carbons (Fsp3) is 0.562. The molecule has 1 saturated carbocycles. The number of phenolic OH excluding ortho intramolecular Hbond substituents is 1. The van der Waals surface area contributed by atoms with E-state index in [-0.39, 0.29) is 11.7 Å². The topological polar surface area (TPSA) is 58.9 Å². The van der Waals surface area contributed by atoms with Crippen molar-refractivity contribution in [1.29, 1.82) is 0 Å². The van der Waals surface area contributed by atoms with Crippen LogP contribution in [0.25, 0.3) is 0 Å². The highest BCUT2D eigenvalue weighted by Crippen LogP contribution is 2.49. The maximum atomic E-state index is 10.8. The Hall–Kier alpha value is -1.80. The van der Waals surface area contributed by atoms with Gasteiger partial charge in [-0.05, 0) is 36.5 Å². The molecule has 0 unspecified atom stereocenters. The molecule has 0 atom stereocenters. The van der Waals surface area contributed by atoms with Crippen LogP contribution in [0.2, 0.25) is 0 Å². The maximum absolute atomic E-state index is 10.8. The lowest BCUT2D eigenvalue weighted by Gasteiger charge is -2.26. The van der Waals surface area contributed by atoms with Crippen molar-refractivity contribution in [3.63, 3.8) is 0 Å². The van der Waals surface area contributed by atoms with Gasteiger partial charge in [-0.1, -0.05) is 26.7 Å². The van der Waals surface area contributed by atoms with Crippen molar-refractivity contribution in [3.05, 3.63) is 23.3 Å².